The van der Waals surface area contributed by atoms with Gasteiger partial charge in [0, 0.05) is 25.3 Å². The molecule has 21 heavy (non-hydrogen) atoms. The molecule has 0 aromatic heterocycles. The van der Waals surface area contributed by atoms with E-state index in [9.17, 15) is 9.18 Å². The quantitative estimate of drug-likeness (QED) is 0.693. The molecule has 0 radical (unpaired) electrons. The van der Waals surface area contributed by atoms with Crippen LogP contribution in [0.3, 0.4) is 0 Å². The number of halogens is 1. The van der Waals surface area contributed by atoms with Gasteiger partial charge in [0.15, 0.2) is 0 Å². The number of rotatable bonds is 4. The van der Waals surface area contributed by atoms with Crippen molar-refractivity contribution in [1.29, 1.82) is 0 Å². The molecule has 0 heterocycles. The average molecular weight is 285 g/mol. The smallest absolute Gasteiger partial charge is 0.271 e. The van der Waals surface area contributed by atoms with E-state index in [1.54, 1.807) is 6.21 Å². The van der Waals surface area contributed by atoms with Crippen molar-refractivity contribution in [2.45, 2.75) is 0 Å². The van der Waals surface area contributed by atoms with E-state index in [0.29, 0.717) is 5.56 Å². The van der Waals surface area contributed by atoms with E-state index in [-0.39, 0.29) is 11.7 Å². The summed E-state index contributed by atoms with van der Waals surface area (Å²) in [6.45, 7) is 0. The van der Waals surface area contributed by atoms with Crippen LogP contribution in [0.15, 0.2) is 53.6 Å². The third-order valence-corrected chi connectivity index (χ3v) is 2.90. The first-order valence-corrected chi connectivity index (χ1v) is 6.42. The predicted molar refractivity (Wildman–Crippen MR) is 82.2 cm³/mol. The maximum Gasteiger partial charge on any atom is 0.271 e. The van der Waals surface area contributed by atoms with Crippen molar-refractivity contribution in [1.82, 2.24) is 5.43 Å². The lowest BCUT2D eigenvalue weighted by atomic mass is 10.2. The van der Waals surface area contributed by atoms with Crippen molar-refractivity contribution in [3.05, 3.63) is 65.5 Å². The minimum absolute atomic E-state index is 0.358. The molecule has 108 valence electrons. The SMILES string of the molecule is CN(C)c1ccc(/C=N/NC(=O)c2ccc(F)cc2)cc1. The third-order valence-electron chi connectivity index (χ3n) is 2.90. The molecule has 2 aromatic rings. The average Bonchev–Trinajstić information content (AvgIpc) is 2.48. The molecule has 0 atom stereocenters. The number of anilines is 1. The fourth-order valence-electron chi connectivity index (χ4n) is 1.69. The Hall–Kier alpha value is -2.69. The Balaban J connectivity index is 1.95. The van der Waals surface area contributed by atoms with E-state index < -0.39 is 0 Å². The highest BCUT2D eigenvalue weighted by Gasteiger charge is 2.03. The van der Waals surface area contributed by atoms with Gasteiger partial charge >= 0.3 is 0 Å². The highest BCUT2D eigenvalue weighted by molar-refractivity contribution is 5.94. The summed E-state index contributed by atoms with van der Waals surface area (Å²) in [6, 6.07) is 13.0. The number of carbonyl (C=O) groups is 1. The number of hydrazone groups is 1. The fourth-order valence-corrected chi connectivity index (χ4v) is 1.69. The zero-order valence-corrected chi connectivity index (χ0v) is 11.9. The van der Waals surface area contributed by atoms with Crippen LogP contribution >= 0.6 is 0 Å². The van der Waals surface area contributed by atoms with Gasteiger partial charge in [-0.1, -0.05) is 12.1 Å². The summed E-state index contributed by atoms with van der Waals surface area (Å²) in [7, 11) is 3.93. The molecule has 1 N–H and O–H groups in total. The summed E-state index contributed by atoms with van der Waals surface area (Å²) in [5.41, 5.74) is 4.72. The lowest BCUT2D eigenvalue weighted by Crippen LogP contribution is -2.17. The van der Waals surface area contributed by atoms with E-state index in [1.165, 1.54) is 24.3 Å². The summed E-state index contributed by atoms with van der Waals surface area (Å²) in [5, 5.41) is 3.88. The molecule has 2 aromatic carbocycles. The molecule has 0 fully saturated rings. The standard InChI is InChI=1S/C16H16FN3O/c1-20(2)15-9-3-12(4-10-15)11-18-19-16(21)13-5-7-14(17)8-6-13/h3-11H,1-2H3,(H,19,21)/b18-11+. The molecule has 0 bridgehead atoms. The fraction of sp³-hybridized carbons (Fsp3) is 0.125. The lowest BCUT2D eigenvalue weighted by Gasteiger charge is -2.11. The van der Waals surface area contributed by atoms with Crippen LogP contribution in [0.2, 0.25) is 0 Å². The molecule has 0 spiro atoms. The van der Waals surface area contributed by atoms with Crippen molar-refractivity contribution in [2.75, 3.05) is 19.0 Å². The number of hydrogen-bond donors (Lipinski definition) is 1. The molecule has 2 rings (SSSR count). The van der Waals surface area contributed by atoms with E-state index in [4.69, 9.17) is 0 Å². The Labute approximate surface area is 122 Å². The highest BCUT2D eigenvalue weighted by atomic mass is 19.1. The zero-order chi connectivity index (χ0) is 15.2. The number of carbonyl (C=O) groups excluding carboxylic acids is 1. The number of benzene rings is 2. The van der Waals surface area contributed by atoms with Crippen LogP contribution in [-0.4, -0.2) is 26.2 Å². The first-order valence-electron chi connectivity index (χ1n) is 6.42. The van der Waals surface area contributed by atoms with Crippen LogP contribution in [0.4, 0.5) is 10.1 Å². The Morgan fingerprint density at radius 2 is 1.71 bits per heavy atom. The maximum atomic E-state index is 12.7. The van der Waals surface area contributed by atoms with Gasteiger partial charge in [-0.15, -0.1) is 0 Å². The Kier molecular flexibility index (Phi) is 4.66. The molecule has 1 amide bonds. The lowest BCUT2D eigenvalue weighted by molar-refractivity contribution is 0.0955. The minimum Gasteiger partial charge on any atom is -0.378 e. The van der Waals surface area contributed by atoms with Gasteiger partial charge in [-0.05, 0) is 42.0 Å². The van der Waals surface area contributed by atoms with Crippen LogP contribution in [0.1, 0.15) is 15.9 Å². The van der Waals surface area contributed by atoms with E-state index in [1.807, 2.05) is 43.3 Å². The van der Waals surface area contributed by atoms with Gasteiger partial charge in [0.1, 0.15) is 5.82 Å². The summed E-state index contributed by atoms with van der Waals surface area (Å²) in [5.74, 6) is -0.757. The van der Waals surface area contributed by atoms with E-state index in [2.05, 4.69) is 10.5 Å². The summed E-state index contributed by atoms with van der Waals surface area (Å²) >= 11 is 0. The largest absolute Gasteiger partial charge is 0.378 e. The van der Waals surface area contributed by atoms with Gasteiger partial charge in [-0.25, -0.2) is 9.82 Å². The molecular formula is C16H16FN3O. The van der Waals surface area contributed by atoms with Gasteiger partial charge in [0.05, 0.1) is 6.21 Å². The molecule has 4 nitrogen and oxygen atoms in total. The first kappa shape index (κ1) is 14.7. The van der Waals surface area contributed by atoms with Gasteiger partial charge in [-0.2, -0.15) is 5.10 Å². The third kappa shape index (κ3) is 4.14. The van der Waals surface area contributed by atoms with Gasteiger partial charge in [0.2, 0.25) is 0 Å². The second-order valence-corrected chi connectivity index (χ2v) is 4.69. The maximum absolute atomic E-state index is 12.7. The zero-order valence-electron chi connectivity index (χ0n) is 11.9. The molecule has 0 unspecified atom stereocenters. The van der Waals surface area contributed by atoms with Crippen molar-refractivity contribution < 1.29 is 9.18 Å². The predicted octanol–water partition coefficient (Wildman–Crippen LogP) is 2.66. The van der Waals surface area contributed by atoms with E-state index >= 15 is 0 Å². The highest BCUT2D eigenvalue weighted by Crippen LogP contribution is 2.10. The molecule has 5 heteroatoms. The Morgan fingerprint density at radius 1 is 1.10 bits per heavy atom. The van der Waals surface area contributed by atoms with Gasteiger partial charge in [0.25, 0.3) is 5.91 Å². The van der Waals surface area contributed by atoms with Crippen LogP contribution in [-0.2, 0) is 0 Å². The Bertz CT molecular complexity index is 634. The van der Waals surface area contributed by atoms with Gasteiger partial charge in [-0.3, -0.25) is 4.79 Å². The number of nitrogens with one attached hydrogen (secondary N) is 1. The topological polar surface area (TPSA) is 44.7 Å². The van der Waals surface area contributed by atoms with Crippen molar-refractivity contribution in [2.24, 2.45) is 5.10 Å². The van der Waals surface area contributed by atoms with Gasteiger partial charge < -0.3 is 4.90 Å². The normalized spacial score (nSPS) is 10.6. The van der Waals surface area contributed by atoms with E-state index in [0.717, 1.165) is 11.3 Å². The van der Waals surface area contributed by atoms with Crippen molar-refractivity contribution in [3.63, 3.8) is 0 Å². The summed E-state index contributed by atoms with van der Waals surface area (Å²) < 4.78 is 12.7. The van der Waals surface area contributed by atoms with Crippen LogP contribution < -0.4 is 10.3 Å². The number of amides is 1. The number of nitrogens with zero attached hydrogens (tertiary/aromatic N) is 2. The molecule has 0 saturated carbocycles. The summed E-state index contributed by atoms with van der Waals surface area (Å²) in [6.07, 6.45) is 1.56. The molecule has 0 aliphatic heterocycles. The van der Waals surface area contributed by atoms with Crippen LogP contribution in [0.25, 0.3) is 0 Å². The number of hydrogen-bond acceptors (Lipinski definition) is 3. The molecular weight excluding hydrogens is 269 g/mol. The molecule has 0 aliphatic carbocycles. The van der Waals surface area contributed by atoms with Crippen molar-refractivity contribution in [3.8, 4) is 0 Å². The monoisotopic (exact) mass is 285 g/mol. The van der Waals surface area contributed by atoms with Crippen LogP contribution in [0, 0.1) is 5.82 Å². The second kappa shape index (κ2) is 6.65. The van der Waals surface area contributed by atoms with Crippen molar-refractivity contribution >= 4 is 17.8 Å². The first-order chi connectivity index (χ1) is 10.1. The molecule has 0 aliphatic rings. The molecule has 0 saturated heterocycles. The second-order valence-electron chi connectivity index (χ2n) is 4.69. The summed E-state index contributed by atoms with van der Waals surface area (Å²) in [4.78, 5) is 13.7. The minimum atomic E-state index is -0.379. The Morgan fingerprint density at radius 3 is 2.29 bits per heavy atom. The van der Waals surface area contributed by atoms with Crippen LogP contribution in [0.5, 0.6) is 0 Å².